The van der Waals surface area contributed by atoms with Crippen molar-refractivity contribution in [3.63, 3.8) is 0 Å². The van der Waals surface area contributed by atoms with Crippen molar-refractivity contribution < 1.29 is 9.59 Å². The highest BCUT2D eigenvalue weighted by atomic mass is 16.2. The summed E-state index contributed by atoms with van der Waals surface area (Å²) in [7, 11) is 1.80. The molecule has 0 aromatic heterocycles. The van der Waals surface area contributed by atoms with E-state index in [0.29, 0.717) is 12.8 Å². The smallest absolute Gasteiger partial charge is 0.228 e. The van der Waals surface area contributed by atoms with Gasteiger partial charge in [0, 0.05) is 24.8 Å². The van der Waals surface area contributed by atoms with Crippen LogP contribution in [0.3, 0.4) is 0 Å². The molecule has 2 amide bonds. The van der Waals surface area contributed by atoms with E-state index in [2.05, 4.69) is 5.32 Å². The van der Waals surface area contributed by atoms with Crippen LogP contribution in [0.1, 0.15) is 28.7 Å². The fraction of sp³-hybridized carbons (Fsp3) is 0.300. The Hall–Kier alpha value is -2.62. The number of benzene rings is 2. The molecule has 0 radical (unpaired) electrons. The van der Waals surface area contributed by atoms with Gasteiger partial charge in [-0.25, -0.2) is 0 Å². The first-order valence-electron chi connectivity index (χ1n) is 8.20. The summed E-state index contributed by atoms with van der Waals surface area (Å²) in [6, 6.07) is 11.8. The first-order valence-corrected chi connectivity index (χ1v) is 8.20. The van der Waals surface area contributed by atoms with E-state index >= 15 is 0 Å². The normalized spacial score (nSPS) is 13.6. The van der Waals surface area contributed by atoms with Crippen molar-refractivity contribution in [2.24, 2.45) is 0 Å². The van der Waals surface area contributed by atoms with E-state index in [1.165, 1.54) is 0 Å². The van der Waals surface area contributed by atoms with Crippen LogP contribution in [0.15, 0.2) is 36.4 Å². The van der Waals surface area contributed by atoms with E-state index in [9.17, 15) is 9.59 Å². The first kappa shape index (κ1) is 16.2. The Kier molecular flexibility index (Phi) is 4.38. The van der Waals surface area contributed by atoms with Gasteiger partial charge in [-0.2, -0.15) is 0 Å². The molecule has 0 atom stereocenters. The van der Waals surface area contributed by atoms with E-state index < -0.39 is 0 Å². The van der Waals surface area contributed by atoms with Crippen molar-refractivity contribution in [1.29, 1.82) is 0 Å². The Morgan fingerprint density at radius 2 is 1.96 bits per heavy atom. The number of hydrogen-bond acceptors (Lipinski definition) is 2. The molecule has 0 saturated heterocycles. The lowest BCUT2D eigenvalue weighted by Crippen LogP contribution is -2.31. The molecule has 124 valence electrons. The van der Waals surface area contributed by atoms with Gasteiger partial charge in [-0.05, 0) is 54.7 Å². The fourth-order valence-electron chi connectivity index (χ4n) is 3.09. The molecule has 0 spiro atoms. The van der Waals surface area contributed by atoms with Crippen LogP contribution in [-0.2, 0) is 22.4 Å². The molecule has 0 unspecified atom stereocenters. The number of carbonyl (C=O) groups excluding carboxylic acids is 2. The minimum absolute atomic E-state index is 0.0242. The molecule has 0 bridgehead atoms. The number of amides is 2. The van der Waals surface area contributed by atoms with Gasteiger partial charge in [0.2, 0.25) is 11.8 Å². The maximum Gasteiger partial charge on any atom is 0.228 e. The average Bonchev–Trinajstić information content (AvgIpc) is 2.55. The summed E-state index contributed by atoms with van der Waals surface area (Å²) in [6.07, 6.45) is 1.60. The summed E-state index contributed by atoms with van der Waals surface area (Å²) in [5, 5.41) is 2.99. The number of nitrogens with zero attached hydrogens (tertiary/aromatic N) is 1. The lowest BCUT2D eigenvalue weighted by Gasteiger charge is -2.26. The number of hydrogen-bond donors (Lipinski definition) is 1. The minimum Gasteiger partial charge on any atom is -0.326 e. The maximum absolute atomic E-state index is 12.4. The third-order valence-electron chi connectivity index (χ3n) is 4.73. The Morgan fingerprint density at radius 3 is 2.75 bits per heavy atom. The molecule has 4 nitrogen and oxygen atoms in total. The lowest BCUT2D eigenvalue weighted by molar-refractivity contribution is -0.118. The second-order valence-electron chi connectivity index (χ2n) is 6.39. The van der Waals surface area contributed by atoms with Crippen molar-refractivity contribution in [1.82, 2.24) is 0 Å². The zero-order valence-electron chi connectivity index (χ0n) is 14.3. The van der Waals surface area contributed by atoms with Gasteiger partial charge in [-0.15, -0.1) is 0 Å². The predicted molar refractivity (Wildman–Crippen MR) is 96.4 cm³/mol. The quantitative estimate of drug-likeness (QED) is 0.941. The van der Waals surface area contributed by atoms with Crippen molar-refractivity contribution >= 4 is 23.2 Å². The van der Waals surface area contributed by atoms with Crippen molar-refractivity contribution in [2.45, 2.75) is 33.1 Å². The van der Waals surface area contributed by atoms with Crippen molar-refractivity contribution in [3.05, 3.63) is 58.7 Å². The third-order valence-corrected chi connectivity index (χ3v) is 4.73. The van der Waals surface area contributed by atoms with Crippen molar-refractivity contribution in [2.75, 3.05) is 17.3 Å². The van der Waals surface area contributed by atoms with Gasteiger partial charge in [0.05, 0.1) is 6.42 Å². The molecule has 2 aromatic carbocycles. The Bertz CT molecular complexity index is 811. The third kappa shape index (κ3) is 3.18. The van der Waals surface area contributed by atoms with Gasteiger partial charge in [0.25, 0.3) is 0 Å². The maximum atomic E-state index is 12.4. The molecule has 1 N–H and O–H groups in total. The summed E-state index contributed by atoms with van der Waals surface area (Å²) >= 11 is 0. The molecule has 4 heteroatoms. The van der Waals surface area contributed by atoms with Crippen LogP contribution < -0.4 is 10.2 Å². The van der Waals surface area contributed by atoms with Gasteiger partial charge in [0.15, 0.2) is 0 Å². The van der Waals surface area contributed by atoms with E-state index in [1.807, 2.05) is 50.2 Å². The van der Waals surface area contributed by atoms with Gasteiger partial charge in [-0.1, -0.05) is 24.3 Å². The standard InChI is InChI=1S/C20H22N2O2/c1-13-5-4-6-17(14(13)2)21-19(23)12-15-7-9-18-16(11-15)8-10-20(24)22(18)3/h4-7,9,11H,8,10,12H2,1-3H3,(H,21,23). The van der Waals surface area contributed by atoms with Crippen molar-refractivity contribution in [3.8, 4) is 0 Å². The monoisotopic (exact) mass is 322 g/mol. The summed E-state index contributed by atoms with van der Waals surface area (Å²) in [5.41, 5.74) is 6.17. The van der Waals surface area contributed by atoms with Gasteiger partial charge in [-0.3, -0.25) is 9.59 Å². The predicted octanol–water partition coefficient (Wildman–Crippen LogP) is 3.39. The number of anilines is 2. The minimum atomic E-state index is -0.0242. The van der Waals surface area contributed by atoms with Gasteiger partial charge in [0.1, 0.15) is 0 Å². The van der Waals surface area contributed by atoms with E-state index in [4.69, 9.17) is 0 Å². The Labute approximate surface area is 142 Å². The SMILES string of the molecule is Cc1cccc(NC(=O)Cc2ccc3c(c2)CCC(=O)N3C)c1C. The Morgan fingerprint density at radius 1 is 1.17 bits per heavy atom. The largest absolute Gasteiger partial charge is 0.326 e. The molecule has 24 heavy (non-hydrogen) atoms. The van der Waals surface area contributed by atoms with Gasteiger partial charge < -0.3 is 10.2 Å². The van der Waals surface area contributed by atoms with E-state index in [0.717, 1.165) is 40.0 Å². The Balaban J connectivity index is 1.73. The second kappa shape index (κ2) is 6.48. The molecular weight excluding hydrogens is 300 g/mol. The molecule has 1 aliphatic heterocycles. The van der Waals surface area contributed by atoms with Crippen LogP contribution in [-0.4, -0.2) is 18.9 Å². The molecule has 0 aliphatic carbocycles. The highest BCUT2D eigenvalue weighted by Gasteiger charge is 2.21. The molecule has 0 saturated carbocycles. The van der Waals surface area contributed by atoms with E-state index in [1.54, 1.807) is 11.9 Å². The topological polar surface area (TPSA) is 49.4 Å². The molecular formula is C20H22N2O2. The average molecular weight is 322 g/mol. The van der Waals surface area contributed by atoms with Crippen LogP contribution in [0.25, 0.3) is 0 Å². The second-order valence-corrected chi connectivity index (χ2v) is 6.39. The van der Waals surface area contributed by atoms with Gasteiger partial charge >= 0.3 is 0 Å². The highest BCUT2D eigenvalue weighted by Crippen LogP contribution is 2.28. The molecule has 2 aromatic rings. The van der Waals surface area contributed by atoms with E-state index in [-0.39, 0.29) is 11.8 Å². The lowest BCUT2D eigenvalue weighted by atomic mass is 9.98. The first-order chi connectivity index (χ1) is 11.5. The molecule has 1 aliphatic rings. The molecule has 3 rings (SSSR count). The summed E-state index contributed by atoms with van der Waals surface area (Å²) in [4.78, 5) is 25.8. The number of fused-ring (bicyclic) bond motifs is 1. The zero-order chi connectivity index (χ0) is 17.3. The van der Waals surface area contributed by atoms with Crippen LogP contribution >= 0.6 is 0 Å². The van der Waals surface area contributed by atoms with Crippen LogP contribution in [0.4, 0.5) is 11.4 Å². The molecule has 0 fully saturated rings. The number of nitrogens with one attached hydrogen (secondary N) is 1. The fourth-order valence-corrected chi connectivity index (χ4v) is 3.09. The number of aryl methyl sites for hydroxylation is 2. The summed E-state index contributed by atoms with van der Waals surface area (Å²) in [5.74, 6) is 0.117. The molecule has 1 heterocycles. The van der Waals surface area contributed by atoms with Crippen LogP contribution in [0, 0.1) is 13.8 Å². The number of rotatable bonds is 3. The van der Waals surface area contributed by atoms with Crippen LogP contribution in [0.5, 0.6) is 0 Å². The summed E-state index contributed by atoms with van der Waals surface area (Å²) < 4.78 is 0. The zero-order valence-corrected chi connectivity index (χ0v) is 14.3. The number of carbonyl (C=O) groups is 2. The summed E-state index contributed by atoms with van der Waals surface area (Å²) in [6.45, 7) is 4.04. The van der Waals surface area contributed by atoms with Crippen LogP contribution in [0.2, 0.25) is 0 Å². The highest BCUT2D eigenvalue weighted by molar-refractivity contribution is 5.96.